The molecule has 0 heterocycles. The van der Waals surface area contributed by atoms with Crippen molar-refractivity contribution in [3.8, 4) is 0 Å². The highest BCUT2D eigenvalue weighted by molar-refractivity contribution is 7.80. The third-order valence-electron chi connectivity index (χ3n) is 1.25. The highest BCUT2D eigenvalue weighted by Gasteiger charge is 2.14. The van der Waals surface area contributed by atoms with Crippen LogP contribution in [0.25, 0.3) is 10.4 Å². The Bertz CT molecular complexity index is 347. The first-order valence-corrected chi connectivity index (χ1v) is 4.33. The van der Waals surface area contributed by atoms with Crippen molar-refractivity contribution in [3.05, 3.63) is 40.8 Å². The van der Waals surface area contributed by atoms with E-state index in [9.17, 15) is 4.21 Å². The maximum atomic E-state index is 10.7. The van der Waals surface area contributed by atoms with Gasteiger partial charge in [0, 0.05) is 5.22 Å². The van der Waals surface area contributed by atoms with Crippen LogP contribution in [-0.4, -0.2) is 8.76 Å². The van der Waals surface area contributed by atoms with Crippen molar-refractivity contribution in [1.29, 1.82) is 0 Å². The van der Waals surface area contributed by atoms with Gasteiger partial charge in [-0.15, -0.1) is 5.53 Å². The Kier molecular flexibility index (Phi) is 3.27. The Hall–Kier alpha value is -1.56. The molecule has 68 valence electrons. The summed E-state index contributed by atoms with van der Waals surface area (Å²) in [7, 11) is 0. The Balaban J connectivity index is 3.02. The fourth-order valence-corrected chi connectivity index (χ4v) is 1.16. The van der Waals surface area contributed by atoms with E-state index in [4.69, 9.17) is 10.1 Å². The van der Waals surface area contributed by atoms with Crippen molar-refractivity contribution < 1.29 is 8.76 Å². The zero-order valence-corrected chi connectivity index (χ0v) is 7.26. The van der Waals surface area contributed by atoms with Crippen LogP contribution in [0.5, 0.6) is 0 Å². The molecule has 0 bridgehead atoms. The number of benzene rings is 1. The molecular weight excluding hydrogens is 192 g/mol. The first kappa shape index (κ1) is 9.53. The lowest BCUT2D eigenvalue weighted by molar-refractivity contribution is 0.560. The quantitative estimate of drug-likeness (QED) is 0.264. The molecule has 0 fully saturated rings. The molecule has 0 spiro atoms. The molecule has 1 N–H and O–H groups in total. The van der Waals surface area contributed by atoms with Crippen molar-refractivity contribution in [1.82, 2.24) is 0 Å². The molecule has 1 unspecified atom stereocenters. The lowest BCUT2D eigenvalue weighted by Gasteiger charge is -2.05. The molecule has 1 aromatic rings. The van der Waals surface area contributed by atoms with E-state index in [2.05, 4.69) is 10.1 Å². The molecule has 0 aromatic heterocycles. The molecule has 0 aliphatic rings. The van der Waals surface area contributed by atoms with Crippen molar-refractivity contribution >= 4 is 17.0 Å². The van der Waals surface area contributed by atoms with Crippen LogP contribution in [0.2, 0.25) is 0 Å². The zero-order chi connectivity index (χ0) is 9.68. The lowest BCUT2D eigenvalue weighted by atomic mass is 10.3. The third kappa shape index (κ3) is 2.45. The molecule has 1 atom stereocenters. The van der Waals surface area contributed by atoms with Crippen molar-refractivity contribution in [2.45, 2.75) is 0 Å². The fourth-order valence-electron chi connectivity index (χ4n) is 0.765. The average Bonchev–Trinajstić information content (AvgIpc) is 2.15. The van der Waals surface area contributed by atoms with Crippen molar-refractivity contribution in [2.75, 3.05) is 4.41 Å². The fraction of sp³-hybridized carbons (Fsp3) is 0. The monoisotopic (exact) mass is 198 g/mol. The number of anilines is 1. The summed E-state index contributed by atoms with van der Waals surface area (Å²) in [4.78, 5) is 2.43. The van der Waals surface area contributed by atoms with E-state index < -0.39 is 11.3 Å². The van der Waals surface area contributed by atoms with E-state index in [1.54, 1.807) is 30.3 Å². The van der Waals surface area contributed by atoms with Gasteiger partial charge >= 0.3 is 11.3 Å². The lowest BCUT2D eigenvalue weighted by Crippen LogP contribution is -2.17. The van der Waals surface area contributed by atoms with Gasteiger partial charge in [-0.25, -0.2) is 0 Å². The van der Waals surface area contributed by atoms with E-state index in [1.165, 1.54) is 0 Å². The standard InChI is InChI=1S/C6H6N4O2S/c7-8-9-10(13(11)12)6-4-2-1-3-5-6/h1-5H,(H,11,12). The molecule has 0 aliphatic heterocycles. The van der Waals surface area contributed by atoms with Crippen LogP contribution < -0.4 is 4.41 Å². The van der Waals surface area contributed by atoms with E-state index in [0.717, 1.165) is 0 Å². The zero-order valence-electron chi connectivity index (χ0n) is 6.44. The molecule has 0 saturated carbocycles. The van der Waals surface area contributed by atoms with Crippen LogP contribution in [0.15, 0.2) is 35.6 Å². The normalized spacial score (nSPS) is 11.5. The van der Waals surface area contributed by atoms with Gasteiger partial charge < -0.3 is 0 Å². The van der Waals surface area contributed by atoms with Gasteiger partial charge in [0.25, 0.3) is 0 Å². The smallest absolute Gasteiger partial charge is 0.271 e. The molecule has 6 nitrogen and oxygen atoms in total. The summed E-state index contributed by atoms with van der Waals surface area (Å²) >= 11 is -2.34. The number of rotatable bonds is 3. The molecule has 0 radical (unpaired) electrons. The van der Waals surface area contributed by atoms with Gasteiger partial charge in [-0.3, -0.25) is 4.55 Å². The van der Waals surface area contributed by atoms with Gasteiger partial charge in [0.1, 0.15) is 5.69 Å². The van der Waals surface area contributed by atoms with Gasteiger partial charge in [-0.05, 0) is 12.1 Å². The van der Waals surface area contributed by atoms with Crippen molar-refractivity contribution in [3.63, 3.8) is 0 Å². The summed E-state index contributed by atoms with van der Waals surface area (Å²) in [6.45, 7) is 0. The van der Waals surface area contributed by atoms with Crippen LogP contribution in [0, 0.1) is 0 Å². The van der Waals surface area contributed by atoms with Crippen LogP contribution in [0.3, 0.4) is 0 Å². The molecule has 0 aliphatic carbocycles. The molecule has 1 rings (SSSR count). The summed E-state index contributed by atoms with van der Waals surface area (Å²) in [5.74, 6) is 0. The van der Waals surface area contributed by atoms with Crippen LogP contribution >= 0.6 is 0 Å². The summed E-state index contributed by atoms with van der Waals surface area (Å²) in [6.07, 6.45) is 0. The summed E-state index contributed by atoms with van der Waals surface area (Å²) < 4.78 is 20.1. The second-order valence-electron chi connectivity index (χ2n) is 2.02. The predicted molar refractivity (Wildman–Crippen MR) is 48.8 cm³/mol. The highest BCUT2D eigenvalue weighted by atomic mass is 32.2. The van der Waals surface area contributed by atoms with Gasteiger partial charge in [-0.1, -0.05) is 22.6 Å². The average molecular weight is 198 g/mol. The van der Waals surface area contributed by atoms with E-state index in [0.29, 0.717) is 10.1 Å². The second kappa shape index (κ2) is 4.46. The van der Waals surface area contributed by atoms with Crippen molar-refractivity contribution in [2.24, 2.45) is 5.22 Å². The van der Waals surface area contributed by atoms with E-state index >= 15 is 0 Å². The second-order valence-corrected chi connectivity index (χ2v) is 2.83. The largest absolute Gasteiger partial charge is 0.359 e. The van der Waals surface area contributed by atoms with Crippen LogP contribution in [0.4, 0.5) is 5.69 Å². The topological polar surface area (TPSA) is 89.3 Å². The molecule has 13 heavy (non-hydrogen) atoms. The van der Waals surface area contributed by atoms with Gasteiger partial charge in [0.2, 0.25) is 0 Å². The maximum absolute atomic E-state index is 10.7. The van der Waals surface area contributed by atoms with Gasteiger partial charge in [0.15, 0.2) is 0 Å². The molecule has 1 aromatic carbocycles. The van der Waals surface area contributed by atoms with Crippen LogP contribution in [-0.2, 0) is 11.3 Å². The first-order chi connectivity index (χ1) is 6.25. The maximum Gasteiger partial charge on any atom is 0.359 e. The Labute approximate surface area is 76.8 Å². The SMILES string of the molecule is [N-]=[N+]=NN(c1ccccc1)S(=O)O. The molecule has 0 amide bonds. The summed E-state index contributed by atoms with van der Waals surface area (Å²) in [5, 5.41) is 3.06. The highest BCUT2D eigenvalue weighted by Crippen LogP contribution is 2.14. The minimum atomic E-state index is -2.34. The minimum Gasteiger partial charge on any atom is -0.271 e. The molecule has 0 saturated heterocycles. The predicted octanol–water partition coefficient (Wildman–Crippen LogP) is 1.85. The number of azide groups is 1. The van der Waals surface area contributed by atoms with Gasteiger partial charge in [0.05, 0.1) is 0 Å². The van der Waals surface area contributed by atoms with E-state index in [1.807, 2.05) is 0 Å². The summed E-state index contributed by atoms with van der Waals surface area (Å²) in [6, 6.07) is 8.20. The van der Waals surface area contributed by atoms with Gasteiger partial charge in [-0.2, -0.15) is 9.12 Å². The van der Waals surface area contributed by atoms with Crippen LogP contribution in [0.1, 0.15) is 0 Å². The first-order valence-electron chi connectivity index (χ1n) is 3.27. The minimum absolute atomic E-state index is 0.362. The van der Waals surface area contributed by atoms with E-state index in [-0.39, 0.29) is 0 Å². The molecule has 7 heteroatoms. The Morgan fingerprint density at radius 1 is 1.46 bits per heavy atom. The summed E-state index contributed by atoms with van der Waals surface area (Å²) in [5.41, 5.74) is 8.48. The number of nitrogens with zero attached hydrogens (tertiary/aromatic N) is 4. The Morgan fingerprint density at radius 3 is 2.54 bits per heavy atom. The third-order valence-corrected chi connectivity index (χ3v) is 1.83. The number of para-hydroxylation sites is 1. The number of hydrogen-bond acceptors (Lipinski definition) is 2. The molecular formula is C6H6N4O2S. The Morgan fingerprint density at radius 2 is 2.08 bits per heavy atom. The number of hydrogen-bond donors (Lipinski definition) is 1.